The third-order valence-corrected chi connectivity index (χ3v) is 4.12. The molecule has 23 heavy (non-hydrogen) atoms. The van der Waals surface area contributed by atoms with Crippen molar-refractivity contribution in [3.05, 3.63) is 34.3 Å². The Balaban J connectivity index is 0.00000264. The molecule has 1 heterocycles. The Bertz CT molecular complexity index is 541. The van der Waals surface area contributed by atoms with Gasteiger partial charge in [0.1, 0.15) is 6.10 Å². The maximum Gasteiger partial charge on any atom is 0.333 e. The molecule has 1 aromatic rings. The highest BCUT2D eigenvalue weighted by Crippen LogP contribution is 2.22. The number of carbonyl (C=O) groups excluding carboxylic acids is 2. The predicted octanol–water partition coefficient (Wildman–Crippen LogP) is 1.71. The molecule has 0 radical (unpaired) electrons. The van der Waals surface area contributed by atoms with E-state index < -0.39 is 18.1 Å². The van der Waals surface area contributed by atoms with Crippen LogP contribution in [-0.4, -0.2) is 37.7 Å². The van der Waals surface area contributed by atoms with Crippen molar-refractivity contribution < 1.29 is 19.1 Å². The van der Waals surface area contributed by atoms with Crippen molar-refractivity contribution in [2.45, 2.75) is 31.1 Å². The number of methoxy groups -OCH3 is 1. The summed E-state index contributed by atoms with van der Waals surface area (Å²) in [5.41, 5.74) is 6.19. The molecule has 1 saturated heterocycles. The zero-order chi connectivity index (χ0) is 16.1. The molecule has 0 aromatic heterocycles. The van der Waals surface area contributed by atoms with E-state index in [1.165, 1.54) is 7.11 Å². The zero-order valence-corrected chi connectivity index (χ0v) is 15.1. The van der Waals surface area contributed by atoms with Crippen LogP contribution in [-0.2, 0) is 19.1 Å². The van der Waals surface area contributed by atoms with Gasteiger partial charge < -0.3 is 20.5 Å². The molecular formula is C15H20BrClN2O4. The van der Waals surface area contributed by atoms with Crippen LogP contribution in [0.1, 0.15) is 24.4 Å². The molecule has 1 fully saturated rings. The van der Waals surface area contributed by atoms with Crippen LogP contribution in [0.5, 0.6) is 0 Å². The van der Waals surface area contributed by atoms with Crippen LogP contribution in [0.15, 0.2) is 28.7 Å². The van der Waals surface area contributed by atoms with Gasteiger partial charge in [-0.3, -0.25) is 4.79 Å². The van der Waals surface area contributed by atoms with Gasteiger partial charge in [-0.2, -0.15) is 0 Å². The number of ether oxygens (including phenoxy) is 2. The summed E-state index contributed by atoms with van der Waals surface area (Å²) in [5.74, 6) is -0.849. The first kappa shape index (κ1) is 19.9. The minimum absolute atomic E-state index is 0. The number of nitrogens with one attached hydrogen (secondary N) is 1. The molecule has 0 bridgehead atoms. The third kappa shape index (κ3) is 5.17. The van der Waals surface area contributed by atoms with E-state index in [1.54, 1.807) is 24.3 Å². The number of rotatable bonds is 5. The van der Waals surface area contributed by atoms with E-state index in [-0.39, 0.29) is 24.4 Å². The van der Waals surface area contributed by atoms with Crippen molar-refractivity contribution in [1.29, 1.82) is 0 Å². The lowest BCUT2D eigenvalue weighted by molar-refractivity contribution is -0.147. The Hall–Kier alpha value is -1.15. The monoisotopic (exact) mass is 406 g/mol. The molecule has 0 spiro atoms. The molecule has 2 rings (SSSR count). The first-order chi connectivity index (χ1) is 10.5. The minimum Gasteiger partial charge on any atom is -0.467 e. The van der Waals surface area contributed by atoms with E-state index in [2.05, 4.69) is 21.2 Å². The van der Waals surface area contributed by atoms with E-state index in [0.717, 1.165) is 10.9 Å². The normalized spacial score (nSPS) is 21.2. The standard InChI is InChI=1S/C15H19BrN2O4.ClH/c1-21-15(20)13(9-2-4-10(16)5-3-9)18-14(19)12-7-6-11(8-17)22-12;/h2-5,11-13H,6-8,17H2,1H3,(H,18,19);1H/t11-,12+,13?;/m1./s1. The first-order valence-corrected chi connectivity index (χ1v) is 7.83. The Morgan fingerprint density at radius 2 is 2.04 bits per heavy atom. The van der Waals surface area contributed by atoms with Gasteiger partial charge in [0.2, 0.25) is 5.91 Å². The smallest absolute Gasteiger partial charge is 0.333 e. The highest BCUT2D eigenvalue weighted by Gasteiger charge is 2.33. The fourth-order valence-corrected chi connectivity index (χ4v) is 2.62. The summed E-state index contributed by atoms with van der Waals surface area (Å²) in [6, 6.07) is 6.25. The number of carbonyl (C=O) groups is 2. The van der Waals surface area contributed by atoms with Gasteiger partial charge in [-0.25, -0.2) is 4.79 Å². The largest absolute Gasteiger partial charge is 0.467 e. The second kappa shape index (κ2) is 9.22. The highest BCUT2D eigenvalue weighted by atomic mass is 79.9. The first-order valence-electron chi connectivity index (χ1n) is 7.04. The number of nitrogens with two attached hydrogens (primary N) is 1. The zero-order valence-electron chi connectivity index (χ0n) is 12.7. The summed E-state index contributed by atoms with van der Waals surface area (Å²) in [5, 5.41) is 2.70. The van der Waals surface area contributed by atoms with Gasteiger partial charge in [-0.15, -0.1) is 12.4 Å². The van der Waals surface area contributed by atoms with Gasteiger partial charge in [0, 0.05) is 11.0 Å². The lowest BCUT2D eigenvalue weighted by Crippen LogP contribution is -2.41. The van der Waals surface area contributed by atoms with Crippen LogP contribution < -0.4 is 11.1 Å². The number of amides is 1. The topological polar surface area (TPSA) is 90.7 Å². The van der Waals surface area contributed by atoms with Gasteiger partial charge >= 0.3 is 5.97 Å². The summed E-state index contributed by atoms with van der Waals surface area (Å²) in [7, 11) is 1.29. The molecule has 6 nitrogen and oxygen atoms in total. The quantitative estimate of drug-likeness (QED) is 0.725. The Morgan fingerprint density at radius 3 is 2.57 bits per heavy atom. The molecule has 1 unspecified atom stereocenters. The Labute approximate surface area is 149 Å². The highest BCUT2D eigenvalue weighted by molar-refractivity contribution is 9.10. The van der Waals surface area contributed by atoms with E-state index in [9.17, 15) is 9.59 Å². The lowest BCUT2D eigenvalue weighted by Gasteiger charge is -2.19. The number of hydrogen-bond acceptors (Lipinski definition) is 5. The molecule has 0 saturated carbocycles. The van der Waals surface area contributed by atoms with Crippen LogP contribution in [0.3, 0.4) is 0 Å². The minimum atomic E-state index is -0.855. The summed E-state index contributed by atoms with van der Waals surface area (Å²) in [6.45, 7) is 0.386. The van der Waals surface area contributed by atoms with Crippen LogP contribution in [0.25, 0.3) is 0 Å². The molecule has 8 heteroatoms. The van der Waals surface area contributed by atoms with Crippen molar-refractivity contribution >= 4 is 40.2 Å². The van der Waals surface area contributed by atoms with Crippen LogP contribution >= 0.6 is 28.3 Å². The van der Waals surface area contributed by atoms with Gasteiger partial charge in [0.05, 0.1) is 13.2 Å². The molecular weight excluding hydrogens is 388 g/mol. The molecule has 1 aliphatic heterocycles. The number of benzene rings is 1. The van der Waals surface area contributed by atoms with Crippen LogP contribution in [0, 0.1) is 0 Å². The fraction of sp³-hybridized carbons (Fsp3) is 0.467. The van der Waals surface area contributed by atoms with E-state index in [0.29, 0.717) is 18.5 Å². The maximum atomic E-state index is 12.3. The van der Waals surface area contributed by atoms with Crippen molar-refractivity contribution in [3.8, 4) is 0 Å². The molecule has 1 aromatic carbocycles. The molecule has 0 aliphatic carbocycles. The predicted molar refractivity (Wildman–Crippen MR) is 91.2 cm³/mol. The Morgan fingerprint density at radius 1 is 1.39 bits per heavy atom. The molecule has 3 N–H and O–H groups in total. The Kier molecular flexibility index (Phi) is 7.98. The van der Waals surface area contributed by atoms with Crippen LogP contribution in [0.2, 0.25) is 0 Å². The molecule has 128 valence electrons. The van der Waals surface area contributed by atoms with Gasteiger partial charge in [-0.05, 0) is 30.5 Å². The lowest BCUT2D eigenvalue weighted by atomic mass is 10.1. The second-order valence-corrected chi connectivity index (χ2v) is 5.99. The van der Waals surface area contributed by atoms with Crippen molar-refractivity contribution in [2.75, 3.05) is 13.7 Å². The van der Waals surface area contributed by atoms with Crippen molar-refractivity contribution in [2.24, 2.45) is 5.73 Å². The third-order valence-electron chi connectivity index (χ3n) is 3.59. The van der Waals surface area contributed by atoms with E-state index in [4.69, 9.17) is 15.2 Å². The number of hydrogen-bond donors (Lipinski definition) is 2. The number of esters is 1. The average molecular weight is 408 g/mol. The van der Waals surface area contributed by atoms with Gasteiger partial charge in [0.25, 0.3) is 0 Å². The summed E-state index contributed by atoms with van der Waals surface area (Å²) in [6.07, 6.45) is 0.675. The SMILES string of the molecule is COC(=O)C(NC(=O)[C@@H]1CC[C@H](CN)O1)c1ccc(Br)cc1.Cl. The van der Waals surface area contributed by atoms with Crippen LogP contribution in [0.4, 0.5) is 0 Å². The van der Waals surface area contributed by atoms with Crippen molar-refractivity contribution in [1.82, 2.24) is 5.32 Å². The molecule has 3 atom stereocenters. The fourth-order valence-electron chi connectivity index (χ4n) is 2.36. The molecule has 1 aliphatic rings. The van der Waals surface area contributed by atoms with Crippen molar-refractivity contribution in [3.63, 3.8) is 0 Å². The molecule has 1 amide bonds. The second-order valence-electron chi connectivity index (χ2n) is 5.08. The number of halogens is 2. The summed E-state index contributed by atoms with van der Waals surface area (Å²) < 4.78 is 11.2. The van der Waals surface area contributed by atoms with Gasteiger partial charge in [-0.1, -0.05) is 28.1 Å². The van der Waals surface area contributed by atoms with E-state index in [1.807, 2.05) is 0 Å². The van der Waals surface area contributed by atoms with Gasteiger partial charge in [0.15, 0.2) is 6.04 Å². The summed E-state index contributed by atoms with van der Waals surface area (Å²) in [4.78, 5) is 24.2. The maximum absolute atomic E-state index is 12.3. The summed E-state index contributed by atoms with van der Waals surface area (Å²) >= 11 is 3.33. The van der Waals surface area contributed by atoms with E-state index >= 15 is 0 Å². The average Bonchev–Trinajstić information content (AvgIpc) is 3.02.